The molecule has 9 nitrogen and oxygen atoms in total. The van der Waals surface area contributed by atoms with E-state index in [1.165, 1.54) is 11.9 Å². The number of carbonyl (C=O) groups excluding carboxylic acids is 1. The van der Waals surface area contributed by atoms with Crippen molar-refractivity contribution < 1.29 is 9.53 Å². The Morgan fingerprint density at radius 1 is 1.32 bits per heavy atom. The minimum Gasteiger partial charge on any atom is -0.493 e. The number of fused-ring (bicyclic) bond motifs is 2. The summed E-state index contributed by atoms with van der Waals surface area (Å²) in [6.45, 7) is 4.79. The highest BCUT2D eigenvalue weighted by Crippen LogP contribution is 2.40. The SMILES string of the molecule is COc1cc(-c2[nH]c3ccc(C4CC(NC(=O)CN(C)C)C4)nc3c2C(C)C)cn2ncnc12. The van der Waals surface area contributed by atoms with Crippen molar-refractivity contribution in [3.05, 3.63) is 42.0 Å². The second-order valence-corrected chi connectivity index (χ2v) is 9.70. The van der Waals surface area contributed by atoms with Crippen LogP contribution in [0.25, 0.3) is 27.9 Å². The number of likely N-dealkylation sites (N-methyl/N-ethyl adjacent to an activating group) is 1. The third kappa shape index (κ3) is 4.00. The average Bonchev–Trinajstić information content (AvgIpc) is 3.38. The highest BCUT2D eigenvalue weighted by Gasteiger charge is 2.33. The van der Waals surface area contributed by atoms with Gasteiger partial charge in [-0.1, -0.05) is 13.8 Å². The molecule has 0 atom stereocenters. The van der Waals surface area contributed by atoms with Crippen LogP contribution in [0.15, 0.2) is 30.7 Å². The Kier molecular flexibility index (Phi) is 5.73. The maximum atomic E-state index is 12.1. The van der Waals surface area contributed by atoms with Crippen molar-refractivity contribution in [1.82, 2.24) is 34.8 Å². The molecule has 1 fully saturated rings. The van der Waals surface area contributed by atoms with E-state index in [1.807, 2.05) is 31.3 Å². The number of carbonyl (C=O) groups is 1. The van der Waals surface area contributed by atoms with Gasteiger partial charge in [0.25, 0.3) is 0 Å². The van der Waals surface area contributed by atoms with Gasteiger partial charge < -0.3 is 19.9 Å². The van der Waals surface area contributed by atoms with Gasteiger partial charge in [-0.3, -0.25) is 9.78 Å². The van der Waals surface area contributed by atoms with Gasteiger partial charge in [-0.25, -0.2) is 9.50 Å². The second-order valence-electron chi connectivity index (χ2n) is 9.70. The summed E-state index contributed by atoms with van der Waals surface area (Å²) in [5.74, 6) is 1.38. The molecule has 0 aromatic carbocycles. The van der Waals surface area contributed by atoms with Crippen molar-refractivity contribution in [2.24, 2.45) is 0 Å². The van der Waals surface area contributed by atoms with Crippen LogP contribution in [0, 0.1) is 0 Å². The number of rotatable bonds is 7. The highest BCUT2D eigenvalue weighted by atomic mass is 16.5. The van der Waals surface area contributed by atoms with Gasteiger partial charge in [0.2, 0.25) is 5.91 Å². The first kappa shape index (κ1) is 22.3. The predicted molar refractivity (Wildman–Crippen MR) is 131 cm³/mol. The number of aromatic amines is 1. The standard InChI is InChI=1S/C25H31N7O2/c1-14(2)22-23(16-10-20(34-5)25-26-13-27-32(25)11-16)30-19-7-6-18(29-24(19)22)15-8-17(9-15)28-21(33)12-31(3)4/h6-7,10-11,13-15,17,30H,8-9,12H2,1-5H3,(H,28,33). The molecule has 0 spiro atoms. The first-order valence-corrected chi connectivity index (χ1v) is 11.7. The van der Waals surface area contributed by atoms with Crippen LogP contribution in [-0.4, -0.2) is 69.2 Å². The molecule has 0 saturated heterocycles. The summed E-state index contributed by atoms with van der Waals surface area (Å²) in [5, 5.41) is 7.43. The van der Waals surface area contributed by atoms with Crippen LogP contribution in [-0.2, 0) is 4.79 Å². The molecule has 1 amide bonds. The van der Waals surface area contributed by atoms with Crippen molar-refractivity contribution in [3.8, 4) is 17.0 Å². The number of nitrogens with one attached hydrogen (secondary N) is 2. The first-order valence-electron chi connectivity index (χ1n) is 11.7. The topological polar surface area (TPSA) is 100 Å². The Labute approximate surface area is 198 Å². The highest BCUT2D eigenvalue weighted by molar-refractivity contribution is 5.89. The molecule has 9 heteroatoms. The minimum absolute atomic E-state index is 0.0778. The minimum atomic E-state index is 0.0778. The molecule has 0 radical (unpaired) electrons. The largest absolute Gasteiger partial charge is 0.493 e. The lowest BCUT2D eigenvalue weighted by Gasteiger charge is -2.35. The zero-order valence-electron chi connectivity index (χ0n) is 20.3. The van der Waals surface area contributed by atoms with E-state index in [9.17, 15) is 4.79 Å². The van der Waals surface area contributed by atoms with E-state index in [1.54, 1.807) is 11.6 Å². The zero-order valence-corrected chi connectivity index (χ0v) is 20.3. The van der Waals surface area contributed by atoms with E-state index in [2.05, 4.69) is 46.4 Å². The molecule has 1 aliphatic rings. The Morgan fingerprint density at radius 2 is 2.12 bits per heavy atom. The molecule has 2 N–H and O–H groups in total. The number of nitrogens with zero attached hydrogens (tertiary/aromatic N) is 5. The summed E-state index contributed by atoms with van der Waals surface area (Å²) in [5.41, 5.74) is 6.95. The zero-order chi connectivity index (χ0) is 24.0. The first-order chi connectivity index (χ1) is 16.3. The van der Waals surface area contributed by atoms with Crippen molar-refractivity contribution in [2.75, 3.05) is 27.7 Å². The van der Waals surface area contributed by atoms with Gasteiger partial charge in [-0.2, -0.15) is 5.10 Å². The van der Waals surface area contributed by atoms with Crippen LogP contribution in [0.1, 0.15) is 49.8 Å². The maximum absolute atomic E-state index is 12.1. The number of methoxy groups -OCH3 is 1. The molecule has 0 unspecified atom stereocenters. The molecule has 0 bridgehead atoms. The summed E-state index contributed by atoms with van der Waals surface area (Å²) < 4.78 is 7.31. The molecule has 178 valence electrons. The van der Waals surface area contributed by atoms with E-state index >= 15 is 0 Å². The van der Waals surface area contributed by atoms with Crippen LogP contribution < -0.4 is 10.1 Å². The van der Waals surface area contributed by atoms with Gasteiger partial charge in [0, 0.05) is 35.0 Å². The number of hydrogen-bond donors (Lipinski definition) is 2. The van der Waals surface area contributed by atoms with Gasteiger partial charge in [-0.15, -0.1) is 0 Å². The van der Waals surface area contributed by atoms with Crippen molar-refractivity contribution in [1.29, 1.82) is 0 Å². The van der Waals surface area contributed by atoms with Gasteiger partial charge in [0.1, 0.15) is 6.33 Å². The molecule has 1 aliphatic carbocycles. The van der Waals surface area contributed by atoms with Gasteiger partial charge in [-0.05, 0) is 51.1 Å². The molecule has 1 saturated carbocycles. The number of ether oxygens (including phenoxy) is 1. The van der Waals surface area contributed by atoms with Crippen molar-refractivity contribution >= 4 is 22.6 Å². The van der Waals surface area contributed by atoms with E-state index in [0.29, 0.717) is 23.9 Å². The lowest BCUT2D eigenvalue weighted by atomic mass is 9.78. The normalized spacial score (nSPS) is 18.1. The third-order valence-corrected chi connectivity index (χ3v) is 6.51. The lowest BCUT2D eigenvalue weighted by Crippen LogP contribution is -2.46. The monoisotopic (exact) mass is 461 g/mol. The number of hydrogen-bond acceptors (Lipinski definition) is 6. The summed E-state index contributed by atoms with van der Waals surface area (Å²) in [7, 11) is 5.45. The maximum Gasteiger partial charge on any atom is 0.234 e. The molecule has 4 aromatic rings. The smallest absolute Gasteiger partial charge is 0.234 e. The Morgan fingerprint density at radius 3 is 2.82 bits per heavy atom. The fraction of sp³-hybridized carbons (Fsp3) is 0.440. The fourth-order valence-electron chi connectivity index (χ4n) is 4.84. The molecule has 4 heterocycles. The van der Waals surface area contributed by atoms with Crippen LogP contribution in [0.4, 0.5) is 0 Å². The van der Waals surface area contributed by atoms with Gasteiger partial charge >= 0.3 is 0 Å². The van der Waals surface area contributed by atoms with E-state index < -0.39 is 0 Å². The van der Waals surface area contributed by atoms with Crippen LogP contribution >= 0.6 is 0 Å². The van der Waals surface area contributed by atoms with E-state index in [4.69, 9.17) is 9.72 Å². The van der Waals surface area contributed by atoms with E-state index in [-0.39, 0.29) is 17.9 Å². The Balaban J connectivity index is 1.45. The predicted octanol–water partition coefficient (Wildman–Crippen LogP) is 3.33. The summed E-state index contributed by atoms with van der Waals surface area (Å²) in [6, 6.07) is 6.45. The number of pyridine rings is 2. The quantitative estimate of drug-likeness (QED) is 0.438. The molecule has 34 heavy (non-hydrogen) atoms. The van der Waals surface area contributed by atoms with Crippen molar-refractivity contribution in [3.63, 3.8) is 0 Å². The third-order valence-electron chi connectivity index (χ3n) is 6.51. The molecule has 0 aliphatic heterocycles. The fourth-order valence-corrected chi connectivity index (χ4v) is 4.84. The summed E-state index contributed by atoms with van der Waals surface area (Å²) in [6.07, 6.45) is 5.34. The molecule has 5 rings (SSSR count). The lowest BCUT2D eigenvalue weighted by molar-refractivity contribution is -0.123. The molecule has 4 aromatic heterocycles. The van der Waals surface area contributed by atoms with E-state index in [0.717, 1.165) is 40.8 Å². The van der Waals surface area contributed by atoms with Crippen LogP contribution in [0.5, 0.6) is 5.75 Å². The number of H-pyrrole nitrogens is 1. The Bertz CT molecular complexity index is 1350. The number of amides is 1. The van der Waals surface area contributed by atoms with Crippen LogP contribution in [0.3, 0.4) is 0 Å². The number of aromatic nitrogens is 5. The summed E-state index contributed by atoms with van der Waals surface area (Å²) in [4.78, 5) is 26.9. The average molecular weight is 462 g/mol. The van der Waals surface area contributed by atoms with Crippen molar-refractivity contribution in [2.45, 2.75) is 44.6 Å². The molecular weight excluding hydrogens is 430 g/mol. The second kappa shape index (κ2) is 8.72. The Hall–Kier alpha value is -3.46. The van der Waals surface area contributed by atoms with Gasteiger partial charge in [0.05, 0.1) is 30.4 Å². The molecular formula is C25H31N7O2. The van der Waals surface area contributed by atoms with Crippen LogP contribution in [0.2, 0.25) is 0 Å². The summed E-state index contributed by atoms with van der Waals surface area (Å²) >= 11 is 0. The van der Waals surface area contributed by atoms with Gasteiger partial charge in [0.15, 0.2) is 11.4 Å².